The molecule has 0 spiro atoms. The van der Waals surface area contributed by atoms with Crippen molar-refractivity contribution in [3.05, 3.63) is 95.8 Å². The Kier molecular flexibility index (Phi) is 8.68. The molecule has 0 aliphatic carbocycles. The number of esters is 1. The number of thioether (sulfide) groups is 1. The van der Waals surface area contributed by atoms with Crippen LogP contribution in [0.5, 0.6) is 0 Å². The van der Waals surface area contributed by atoms with E-state index >= 15 is 0 Å². The van der Waals surface area contributed by atoms with Crippen molar-refractivity contribution in [3.63, 3.8) is 0 Å². The molecule has 37 heavy (non-hydrogen) atoms. The normalized spacial score (nSPS) is 16.5. The summed E-state index contributed by atoms with van der Waals surface area (Å²) in [5.41, 5.74) is 2.02. The van der Waals surface area contributed by atoms with E-state index < -0.39 is 11.2 Å². The molecule has 3 aromatic carbocycles. The fraction of sp³-hybridized carbons (Fsp3) is 0.214. The molecule has 9 heteroatoms. The first-order valence-electron chi connectivity index (χ1n) is 11.9. The molecule has 1 atom stereocenters. The molecule has 0 radical (unpaired) electrons. The number of benzene rings is 3. The molecule has 2 amide bonds. The highest BCUT2D eigenvalue weighted by Crippen LogP contribution is 2.30. The zero-order valence-electron chi connectivity index (χ0n) is 20.2. The maximum atomic E-state index is 14.1. The number of nitrogens with zero attached hydrogens (tertiary/aromatic N) is 2. The Hall–Kier alpha value is -3.98. The zero-order valence-corrected chi connectivity index (χ0v) is 21.0. The number of carbonyl (C=O) groups is 3. The van der Waals surface area contributed by atoms with Crippen LogP contribution in [0.15, 0.2) is 83.9 Å². The van der Waals surface area contributed by atoms with E-state index in [1.54, 1.807) is 49.4 Å². The number of ether oxygens (including phenoxy) is 1. The van der Waals surface area contributed by atoms with Gasteiger partial charge in [0.1, 0.15) is 11.1 Å². The van der Waals surface area contributed by atoms with Crippen LogP contribution >= 0.6 is 11.8 Å². The number of amides is 2. The number of nitrogens with one attached hydrogen (secondary N) is 1. The van der Waals surface area contributed by atoms with E-state index in [1.165, 1.54) is 22.7 Å². The van der Waals surface area contributed by atoms with E-state index in [0.717, 1.165) is 0 Å². The fourth-order valence-electron chi connectivity index (χ4n) is 3.73. The largest absolute Gasteiger partial charge is 0.462 e. The molecule has 1 aliphatic rings. The highest BCUT2D eigenvalue weighted by molar-refractivity contribution is 8.15. The summed E-state index contributed by atoms with van der Waals surface area (Å²) in [4.78, 5) is 44.2. The third-order valence-electron chi connectivity index (χ3n) is 5.64. The summed E-state index contributed by atoms with van der Waals surface area (Å²) in [6.07, 6.45) is 0.291. The summed E-state index contributed by atoms with van der Waals surface area (Å²) in [7, 11) is 0. The lowest BCUT2D eigenvalue weighted by molar-refractivity contribution is -0.129. The number of hydrogen-bond donors (Lipinski definition) is 1. The summed E-state index contributed by atoms with van der Waals surface area (Å²) in [6.45, 7) is 2.24. The first-order valence-corrected chi connectivity index (χ1v) is 12.7. The second kappa shape index (κ2) is 12.3. The van der Waals surface area contributed by atoms with Crippen molar-refractivity contribution < 1.29 is 23.5 Å². The Morgan fingerprint density at radius 1 is 1.05 bits per heavy atom. The Labute approximate surface area is 218 Å². The van der Waals surface area contributed by atoms with Crippen molar-refractivity contribution in [1.82, 2.24) is 4.90 Å². The number of hydrogen-bond acceptors (Lipinski definition) is 6. The second-order valence-corrected chi connectivity index (χ2v) is 9.38. The van der Waals surface area contributed by atoms with Crippen LogP contribution in [-0.2, 0) is 20.7 Å². The van der Waals surface area contributed by atoms with Crippen LogP contribution in [0.25, 0.3) is 0 Å². The molecule has 1 saturated heterocycles. The van der Waals surface area contributed by atoms with Gasteiger partial charge >= 0.3 is 5.97 Å². The van der Waals surface area contributed by atoms with Crippen LogP contribution in [0.4, 0.5) is 15.8 Å². The molecular formula is C28H26FN3O4S. The van der Waals surface area contributed by atoms with Crippen LogP contribution in [-0.4, -0.2) is 46.3 Å². The minimum Gasteiger partial charge on any atom is -0.462 e. The summed E-state index contributed by atoms with van der Waals surface area (Å²) >= 11 is 1.19. The Morgan fingerprint density at radius 3 is 2.46 bits per heavy atom. The summed E-state index contributed by atoms with van der Waals surface area (Å²) in [5.74, 6) is -1.38. The molecule has 190 valence electrons. The van der Waals surface area contributed by atoms with Crippen LogP contribution in [0.1, 0.15) is 29.3 Å². The number of carbonyl (C=O) groups excluding carboxylic acids is 3. The van der Waals surface area contributed by atoms with E-state index in [4.69, 9.17) is 4.74 Å². The number of halogens is 1. The average molecular weight is 520 g/mol. The van der Waals surface area contributed by atoms with E-state index in [0.29, 0.717) is 34.1 Å². The number of para-hydroxylation sites is 1. The standard InChI is InChI=1S/C28H26FN3O4S/c1-2-36-27(35)20-12-14-22(15-13-20)30-26(34)24-18-25(33)32(17-16-19-8-6-7-11-23(19)29)28(37-24)31-21-9-4-3-5-10-21/h3-15,24H,2,16-18H2,1H3,(H,30,34). The monoisotopic (exact) mass is 519 g/mol. The van der Waals surface area contributed by atoms with Gasteiger partial charge in [-0.25, -0.2) is 14.2 Å². The quantitative estimate of drug-likeness (QED) is 0.413. The van der Waals surface area contributed by atoms with Gasteiger partial charge in [0.05, 0.1) is 17.9 Å². The van der Waals surface area contributed by atoms with Crippen molar-refractivity contribution in [2.45, 2.75) is 25.0 Å². The highest BCUT2D eigenvalue weighted by Gasteiger charge is 2.36. The second-order valence-electron chi connectivity index (χ2n) is 8.21. The third-order valence-corrected chi connectivity index (χ3v) is 6.83. The first-order chi connectivity index (χ1) is 17.9. The SMILES string of the molecule is CCOC(=O)c1ccc(NC(=O)C2CC(=O)N(CCc3ccccc3F)C(=Nc3ccccc3)S2)cc1. The van der Waals surface area contributed by atoms with Gasteiger partial charge in [-0.05, 0) is 61.4 Å². The van der Waals surface area contributed by atoms with Crippen molar-refractivity contribution in [2.24, 2.45) is 4.99 Å². The number of aliphatic imine (C=N–C) groups is 1. The van der Waals surface area contributed by atoms with Crippen LogP contribution in [0.3, 0.4) is 0 Å². The molecule has 1 aliphatic heterocycles. The average Bonchev–Trinajstić information content (AvgIpc) is 2.90. The van der Waals surface area contributed by atoms with Crippen LogP contribution < -0.4 is 5.32 Å². The molecule has 1 fully saturated rings. The molecule has 1 heterocycles. The van der Waals surface area contributed by atoms with Gasteiger partial charge in [0.15, 0.2) is 5.17 Å². The first kappa shape index (κ1) is 26.1. The molecule has 7 nitrogen and oxygen atoms in total. The molecule has 0 saturated carbocycles. The van der Waals surface area contributed by atoms with Gasteiger partial charge in [0.2, 0.25) is 11.8 Å². The molecule has 3 aromatic rings. The maximum absolute atomic E-state index is 14.1. The molecule has 1 unspecified atom stereocenters. The Balaban J connectivity index is 1.49. The lowest BCUT2D eigenvalue weighted by Crippen LogP contribution is -2.46. The number of anilines is 1. The van der Waals surface area contributed by atoms with Crippen molar-refractivity contribution in [3.8, 4) is 0 Å². The minimum absolute atomic E-state index is 0.0253. The predicted octanol–water partition coefficient (Wildman–Crippen LogP) is 5.21. The van der Waals surface area contributed by atoms with Gasteiger partial charge < -0.3 is 10.1 Å². The molecular weight excluding hydrogens is 493 g/mol. The number of rotatable bonds is 8. The smallest absolute Gasteiger partial charge is 0.338 e. The Morgan fingerprint density at radius 2 is 1.76 bits per heavy atom. The van der Waals surface area contributed by atoms with Gasteiger partial charge in [0, 0.05) is 18.7 Å². The molecule has 0 bridgehead atoms. The minimum atomic E-state index is -0.704. The van der Waals surface area contributed by atoms with Gasteiger partial charge in [-0.1, -0.05) is 48.2 Å². The lowest BCUT2D eigenvalue weighted by Gasteiger charge is -2.32. The number of amidine groups is 1. The summed E-state index contributed by atoms with van der Waals surface area (Å²) in [6, 6.07) is 22.0. The molecule has 4 rings (SSSR count). The predicted molar refractivity (Wildman–Crippen MR) is 142 cm³/mol. The van der Waals surface area contributed by atoms with E-state index in [1.807, 2.05) is 30.3 Å². The fourth-order valence-corrected chi connectivity index (χ4v) is 4.86. The summed E-state index contributed by atoms with van der Waals surface area (Å²) < 4.78 is 19.1. The van der Waals surface area contributed by atoms with Crippen molar-refractivity contribution in [1.29, 1.82) is 0 Å². The van der Waals surface area contributed by atoms with E-state index in [9.17, 15) is 18.8 Å². The van der Waals surface area contributed by atoms with Gasteiger partial charge in [-0.3, -0.25) is 14.5 Å². The molecule has 1 N–H and O–H groups in total. The Bertz CT molecular complexity index is 1300. The van der Waals surface area contributed by atoms with Crippen LogP contribution in [0.2, 0.25) is 0 Å². The van der Waals surface area contributed by atoms with E-state index in [2.05, 4.69) is 10.3 Å². The van der Waals surface area contributed by atoms with Crippen LogP contribution in [0, 0.1) is 5.82 Å². The van der Waals surface area contributed by atoms with Gasteiger partial charge in [0.25, 0.3) is 0 Å². The summed E-state index contributed by atoms with van der Waals surface area (Å²) in [5, 5.41) is 2.49. The third kappa shape index (κ3) is 6.83. The lowest BCUT2D eigenvalue weighted by atomic mass is 10.1. The molecule has 0 aromatic heterocycles. The highest BCUT2D eigenvalue weighted by atomic mass is 32.2. The topological polar surface area (TPSA) is 88.1 Å². The van der Waals surface area contributed by atoms with Crippen molar-refractivity contribution in [2.75, 3.05) is 18.5 Å². The van der Waals surface area contributed by atoms with Gasteiger partial charge in [-0.15, -0.1) is 0 Å². The van der Waals surface area contributed by atoms with E-state index in [-0.39, 0.29) is 37.2 Å². The van der Waals surface area contributed by atoms with Gasteiger partial charge in [-0.2, -0.15) is 0 Å². The maximum Gasteiger partial charge on any atom is 0.338 e. The zero-order chi connectivity index (χ0) is 26.2. The van der Waals surface area contributed by atoms with Crippen molar-refractivity contribution >= 4 is 46.1 Å².